The molecule has 0 bridgehead atoms. The third-order valence-corrected chi connectivity index (χ3v) is 4.77. The fourth-order valence-electron chi connectivity index (χ4n) is 3.04. The minimum Gasteiger partial charge on any atom is -0.497 e. The lowest BCUT2D eigenvalue weighted by molar-refractivity contribution is 0.102. The maximum absolute atomic E-state index is 12.5. The van der Waals surface area contributed by atoms with Crippen molar-refractivity contribution in [3.05, 3.63) is 42.1 Å². The number of hydrogen-bond acceptors (Lipinski definition) is 5. The van der Waals surface area contributed by atoms with E-state index in [1.807, 2.05) is 12.1 Å². The van der Waals surface area contributed by atoms with Crippen molar-refractivity contribution < 1.29 is 14.3 Å². The summed E-state index contributed by atoms with van der Waals surface area (Å²) < 4.78 is 10.5. The van der Waals surface area contributed by atoms with E-state index in [2.05, 4.69) is 22.1 Å². The molecular formula is C20H25N3O3. The highest BCUT2D eigenvalue weighted by molar-refractivity contribution is 6.05. The van der Waals surface area contributed by atoms with Gasteiger partial charge in [0.25, 0.3) is 5.91 Å². The predicted octanol–water partition coefficient (Wildman–Crippen LogP) is 3.59. The second-order valence-electron chi connectivity index (χ2n) is 6.59. The van der Waals surface area contributed by atoms with Crippen molar-refractivity contribution in [1.29, 1.82) is 0 Å². The van der Waals surface area contributed by atoms with E-state index in [0.29, 0.717) is 22.7 Å². The summed E-state index contributed by atoms with van der Waals surface area (Å²) in [7, 11) is 3.14. The van der Waals surface area contributed by atoms with Gasteiger partial charge < -0.3 is 19.7 Å². The second kappa shape index (κ2) is 8.08. The second-order valence-corrected chi connectivity index (χ2v) is 6.59. The van der Waals surface area contributed by atoms with Gasteiger partial charge in [0.15, 0.2) is 0 Å². The molecule has 1 amide bonds. The van der Waals surface area contributed by atoms with Crippen LogP contribution in [0.25, 0.3) is 0 Å². The molecule has 0 spiro atoms. The largest absolute Gasteiger partial charge is 0.497 e. The molecule has 1 aliphatic rings. The first-order chi connectivity index (χ1) is 12.6. The molecule has 26 heavy (non-hydrogen) atoms. The van der Waals surface area contributed by atoms with Gasteiger partial charge in [-0.15, -0.1) is 0 Å². The van der Waals surface area contributed by atoms with Crippen molar-refractivity contribution in [2.75, 3.05) is 37.5 Å². The van der Waals surface area contributed by atoms with Crippen LogP contribution in [0.4, 0.5) is 11.5 Å². The first-order valence-corrected chi connectivity index (χ1v) is 8.85. The fraction of sp³-hybridized carbons (Fsp3) is 0.400. The van der Waals surface area contributed by atoms with E-state index in [-0.39, 0.29) is 5.91 Å². The summed E-state index contributed by atoms with van der Waals surface area (Å²) in [6, 6.07) is 8.99. The van der Waals surface area contributed by atoms with Crippen molar-refractivity contribution in [3.63, 3.8) is 0 Å². The molecular weight excluding hydrogens is 330 g/mol. The molecule has 2 heterocycles. The number of ether oxygens (including phenoxy) is 2. The Morgan fingerprint density at radius 2 is 1.92 bits per heavy atom. The summed E-state index contributed by atoms with van der Waals surface area (Å²) in [6.45, 7) is 4.32. The Hall–Kier alpha value is -2.76. The number of nitrogens with one attached hydrogen (secondary N) is 1. The number of aromatic nitrogens is 1. The van der Waals surface area contributed by atoms with Crippen molar-refractivity contribution in [3.8, 4) is 11.5 Å². The molecule has 6 heteroatoms. The topological polar surface area (TPSA) is 63.7 Å². The van der Waals surface area contributed by atoms with Crippen LogP contribution in [0.3, 0.4) is 0 Å². The lowest BCUT2D eigenvalue weighted by Crippen LogP contribution is -2.33. The number of anilines is 2. The molecule has 1 aliphatic heterocycles. The van der Waals surface area contributed by atoms with Gasteiger partial charge in [0.05, 0.1) is 25.5 Å². The maximum Gasteiger partial charge on any atom is 0.257 e. The standard InChI is InChI=1S/C20H25N3O3/c1-14-8-10-23(11-9-14)19-7-4-15(13-21-19)20(24)22-17-6-5-16(25-2)12-18(17)26-3/h4-7,12-14H,8-11H2,1-3H3,(H,22,24). The smallest absolute Gasteiger partial charge is 0.257 e. The number of methoxy groups -OCH3 is 2. The molecule has 1 aromatic carbocycles. The lowest BCUT2D eigenvalue weighted by atomic mass is 9.99. The van der Waals surface area contributed by atoms with E-state index in [0.717, 1.165) is 24.8 Å². The van der Waals surface area contributed by atoms with Gasteiger partial charge in [-0.25, -0.2) is 4.98 Å². The quantitative estimate of drug-likeness (QED) is 0.888. The molecule has 0 atom stereocenters. The Balaban J connectivity index is 1.69. The molecule has 0 radical (unpaired) electrons. The van der Waals surface area contributed by atoms with Crippen LogP contribution in [-0.2, 0) is 0 Å². The van der Waals surface area contributed by atoms with Crippen LogP contribution in [-0.4, -0.2) is 38.2 Å². The summed E-state index contributed by atoms with van der Waals surface area (Å²) >= 11 is 0. The molecule has 2 aromatic rings. The van der Waals surface area contributed by atoms with Crippen molar-refractivity contribution in [2.24, 2.45) is 5.92 Å². The molecule has 0 saturated carbocycles. The predicted molar refractivity (Wildman–Crippen MR) is 102 cm³/mol. The van der Waals surface area contributed by atoms with Crippen LogP contribution in [0.5, 0.6) is 11.5 Å². The first kappa shape index (κ1) is 18.0. The molecule has 138 valence electrons. The normalized spacial score (nSPS) is 14.8. The number of carbonyl (C=O) groups excluding carboxylic acids is 1. The van der Waals surface area contributed by atoms with Crippen LogP contribution in [0.1, 0.15) is 30.1 Å². The van der Waals surface area contributed by atoms with Crippen LogP contribution in [0.15, 0.2) is 36.5 Å². The number of piperidine rings is 1. The average Bonchev–Trinajstić information content (AvgIpc) is 2.69. The zero-order valence-electron chi connectivity index (χ0n) is 15.5. The van der Waals surface area contributed by atoms with Gasteiger partial charge in [-0.3, -0.25) is 4.79 Å². The Kier molecular flexibility index (Phi) is 5.61. The summed E-state index contributed by atoms with van der Waals surface area (Å²) in [5, 5.41) is 2.86. The number of pyridine rings is 1. The summed E-state index contributed by atoms with van der Waals surface area (Å²) in [5.41, 5.74) is 1.10. The number of amides is 1. The number of hydrogen-bond donors (Lipinski definition) is 1. The van der Waals surface area contributed by atoms with Gasteiger partial charge in [0, 0.05) is 25.4 Å². The lowest BCUT2D eigenvalue weighted by Gasteiger charge is -2.31. The van der Waals surface area contributed by atoms with E-state index in [4.69, 9.17) is 9.47 Å². The highest BCUT2D eigenvalue weighted by Gasteiger charge is 2.17. The molecule has 0 unspecified atom stereocenters. The van der Waals surface area contributed by atoms with E-state index in [1.165, 1.54) is 12.8 Å². The zero-order chi connectivity index (χ0) is 18.5. The first-order valence-electron chi connectivity index (χ1n) is 8.85. The van der Waals surface area contributed by atoms with Crippen molar-refractivity contribution >= 4 is 17.4 Å². The number of benzene rings is 1. The molecule has 0 aliphatic carbocycles. The summed E-state index contributed by atoms with van der Waals surface area (Å²) in [4.78, 5) is 19.3. The maximum atomic E-state index is 12.5. The summed E-state index contributed by atoms with van der Waals surface area (Å²) in [5.74, 6) is 2.69. The van der Waals surface area contributed by atoms with E-state index in [1.54, 1.807) is 38.6 Å². The van der Waals surface area contributed by atoms with Gasteiger partial charge in [0.2, 0.25) is 0 Å². The van der Waals surface area contributed by atoms with Crippen LogP contribution < -0.4 is 19.7 Å². The fourth-order valence-corrected chi connectivity index (χ4v) is 3.04. The molecule has 1 N–H and O–H groups in total. The number of rotatable bonds is 5. The third kappa shape index (κ3) is 4.07. The minimum absolute atomic E-state index is 0.222. The molecule has 1 aromatic heterocycles. The third-order valence-electron chi connectivity index (χ3n) is 4.77. The molecule has 6 nitrogen and oxygen atoms in total. The highest BCUT2D eigenvalue weighted by atomic mass is 16.5. The molecule has 1 saturated heterocycles. The Labute approximate surface area is 154 Å². The molecule has 3 rings (SSSR count). The van der Waals surface area contributed by atoms with Gasteiger partial charge >= 0.3 is 0 Å². The average molecular weight is 355 g/mol. The van der Waals surface area contributed by atoms with Gasteiger partial charge in [-0.2, -0.15) is 0 Å². The van der Waals surface area contributed by atoms with Crippen molar-refractivity contribution in [1.82, 2.24) is 4.98 Å². The monoisotopic (exact) mass is 355 g/mol. The van der Waals surface area contributed by atoms with Gasteiger partial charge in [-0.1, -0.05) is 6.92 Å². The van der Waals surface area contributed by atoms with E-state index >= 15 is 0 Å². The van der Waals surface area contributed by atoms with E-state index in [9.17, 15) is 4.79 Å². The van der Waals surface area contributed by atoms with Gasteiger partial charge in [0.1, 0.15) is 17.3 Å². The highest BCUT2D eigenvalue weighted by Crippen LogP contribution is 2.29. The van der Waals surface area contributed by atoms with Crippen LogP contribution in [0.2, 0.25) is 0 Å². The Morgan fingerprint density at radius 3 is 2.54 bits per heavy atom. The summed E-state index contributed by atoms with van der Waals surface area (Å²) in [6.07, 6.45) is 3.99. The zero-order valence-corrected chi connectivity index (χ0v) is 15.5. The Morgan fingerprint density at radius 1 is 1.15 bits per heavy atom. The SMILES string of the molecule is COc1ccc(NC(=O)c2ccc(N3CCC(C)CC3)nc2)c(OC)c1. The van der Waals surface area contributed by atoms with Crippen LogP contribution in [0, 0.1) is 5.92 Å². The minimum atomic E-state index is -0.222. The van der Waals surface area contributed by atoms with Gasteiger partial charge in [-0.05, 0) is 43.0 Å². The Bertz CT molecular complexity index is 753. The molecule has 1 fully saturated rings. The van der Waals surface area contributed by atoms with Crippen LogP contribution >= 0.6 is 0 Å². The number of carbonyl (C=O) groups is 1. The van der Waals surface area contributed by atoms with E-state index < -0.39 is 0 Å². The van der Waals surface area contributed by atoms with Crippen molar-refractivity contribution in [2.45, 2.75) is 19.8 Å². The number of nitrogens with zero attached hydrogens (tertiary/aromatic N) is 2.